The molecule has 0 amide bonds. The van der Waals surface area contributed by atoms with E-state index in [1.807, 2.05) is 78.9 Å². The summed E-state index contributed by atoms with van der Waals surface area (Å²) in [6, 6.07) is 25.7. The Hall–Kier alpha value is -3.51. The first-order chi connectivity index (χ1) is 13.3. The van der Waals surface area contributed by atoms with E-state index in [1.54, 1.807) is 7.11 Å². The van der Waals surface area contributed by atoms with E-state index in [-0.39, 0.29) is 0 Å². The van der Waals surface area contributed by atoms with E-state index < -0.39 is 0 Å². The molecule has 0 spiro atoms. The molecule has 3 rings (SSSR count). The van der Waals surface area contributed by atoms with Crippen LogP contribution < -0.4 is 9.47 Å². The van der Waals surface area contributed by atoms with Crippen LogP contribution in [0.1, 0.15) is 22.3 Å². The minimum Gasteiger partial charge on any atom is -0.493 e. The number of nitriles is 1. The van der Waals surface area contributed by atoms with Crippen molar-refractivity contribution in [2.45, 2.75) is 13.0 Å². The van der Waals surface area contributed by atoms with Crippen LogP contribution >= 0.6 is 0 Å². The molecule has 0 atom stereocenters. The highest BCUT2D eigenvalue weighted by Gasteiger charge is 2.06. The zero-order chi connectivity index (χ0) is 18.9. The summed E-state index contributed by atoms with van der Waals surface area (Å²) in [5, 5.41) is 8.84. The highest BCUT2D eigenvalue weighted by atomic mass is 16.5. The highest BCUT2D eigenvalue weighted by Crippen LogP contribution is 2.29. The van der Waals surface area contributed by atoms with Crippen LogP contribution in [0.15, 0.2) is 78.9 Å². The Labute approximate surface area is 160 Å². The molecular weight excluding hydrogens is 334 g/mol. The zero-order valence-corrected chi connectivity index (χ0v) is 15.3. The number of allylic oxidation sites excluding steroid dienone is 1. The molecule has 3 heteroatoms. The second-order valence-electron chi connectivity index (χ2n) is 6.10. The molecular formula is C24H21NO2. The van der Waals surface area contributed by atoms with Crippen molar-refractivity contribution in [3.63, 3.8) is 0 Å². The van der Waals surface area contributed by atoms with Gasteiger partial charge in [0.05, 0.1) is 18.7 Å². The van der Waals surface area contributed by atoms with E-state index in [2.05, 4.69) is 12.1 Å². The summed E-state index contributed by atoms with van der Waals surface area (Å²) in [4.78, 5) is 0. The van der Waals surface area contributed by atoms with E-state index in [9.17, 15) is 0 Å². The molecule has 3 nitrogen and oxygen atoms in total. The van der Waals surface area contributed by atoms with Gasteiger partial charge in [-0.1, -0.05) is 60.7 Å². The number of benzene rings is 3. The molecule has 3 aromatic rings. The van der Waals surface area contributed by atoms with Gasteiger partial charge in [0.2, 0.25) is 0 Å². The second-order valence-corrected chi connectivity index (χ2v) is 6.10. The Balaban J connectivity index is 1.62. The average Bonchev–Trinajstić information content (AvgIpc) is 2.74. The molecule has 0 radical (unpaired) electrons. The van der Waals surface area contributed by atoms with Gasteiger partial charge < -0.3 is 9.47 Å². The lowest BCUT2D eigenvalue weighted by atomic mass is 10.1. The van der Waals surface area contributed by atoms with Crippen molar-refractivity contribution in [2.75, 3.05) is 7.11 Å². The standard InChI is InChI=1S/C24H21NO2/c1-26-24-16-20(9-5-8-19-10-12-21(17-25)13-11-19)14-15-23(24)27-18-22-6-3-2-4-7-22/h2-8,10-16H,9,18H2,1H3/b8-5+. The maximum Gasteiger partial charge on any atom is 0.161 e. The maximum absolute atomic E-state index is 8.84. The lowest BCUT2D eigenvalue weighted by Crippen LogP contribution is -1.98. The molecule has 0 N–H and O–H groups in total. The third-order valence-electron chi connectivity index (χ3n) is 4.17. The summed E-state index contributed by atoms with van der Waals surface area (Å²) in [6.07, 6.45) is 4.93. The van der Waals surface area contributed by atoms with Crippen molar-refractivity contribution in [1.82, 2.24) is 0 Å². The molecule has 0 unspecified atom stereocenters. The Bertz CT molecular complexity index is 938. The molecule has 0 aliphatic rings. The number of hydrogen-bond donors (Lipinski definition) is 0. The topological polar surface area (TPSA) is 42.2 Å². The van der Waals surface area contributed by atoms with Crippen molar-refractivity contribution < 1.29 is 9.47 Å². The third kappa shape index (κ3) is 5.23. The Kier molecular flexibility index (Phi) is 6.27. The number of nitrogens with zero attached hydrogens (tertiary/aromatic N) is 1. The molecule has 0 aliphatic carbocycles. The smallest absolute Gasteiger partial charge is 0.161 e. The zero-order valence-electron chi connectivity index (χ0n) is 15.3. The van der Waals surface area contributed by atoms with Gasteiger partial charge in [-0.2, -0.15) is 5.26 Å². The van der Waals surface area contributed by atoms with Crippen LogP contribution in [-0.2, 0) is 13.0 Å². The molecule has 0 fully saturated rings. The first kappa shape index (κ1) is 18.3. The third-order valence-corrected chi connectivity index (χ3v) is 4.17. The SMILES string of the molecule is COc1cc(C/C=C/c2ccc(C#N)cc2)ccc1OCc1ccccc1. The first-order valence-corrected chi connectivity index (χ1v) is 8.79. The summed E-state index contributed by atoms with van der Waals surface area (Å²) in [7, 11) is 1.65. The summed E-state index contributed by atoms with van der Waals surface area (Å²) in [6.45, 7) is 0.509. The molecule has 0 bridgehead atoms. The second kappa shape index (κ2) is 9.26. The summed E-state index contributed by atoms with van der Waals surface area (Å²) < 4.78 is 11.4. The van der Waals surface area contributed by atoms with Crippen LogP contribution in [-0.4, -0.2) is 7.11 Å². The van der Waals surface area contributed by atoms with Crippen molar-refractivity contribution in [3.8, 4) is 17.6 Å². The van der Waals surface area contributed by atoms with E-state index in [1.165, 1.54) is 0 Å². The summed E-state index contributed by atoms with van der Waals surface area (Å²) in [5.74, 6) is 1.47. The van der Waals surface area contributed by atoms with Gasteiger partial charge in [-0.3, -0.25) is 0 Å². The number of methoxy groups -OCH3 is 1. The fourth-order valence-corrected chi connectivity index (χ4v) is 2.69. The van der Waals surface area contributed by atoms with Crippen molar-refractivity contribution in [1.29, 1.82) is 5.26 Å². The molecule has 0 aromatic heterocycles. The van der Waals surface area contributed by atoms with Gasteiger partial charge in [0, 0.05) is 0 Å². The van der Waals surface area contributed by atoms with Crippen LogP contribution in [0.3, 0.4) is 0 Å². The average molecular weight is 355 g/mol. The van der Waals surface area contributed by atoms with E-state index in [4.69, 9.17) is 14.7 Å². The van der Waals surface area contributed by atoms with Crippen LogP contribution in [0, 0.1) is 11.3 Å². The normalized spacial score (nSPS) is 10.5. The number of ether oxygens (including phenoxy) is 2. The molecule has 0 aliphatic heterocycles. The van der Waals surface area contributed by atoms with Gasteiger partial charge in [-0.15, -0.1) is 0 Å². The monoisotopic (exact) mass is 355 g/mol. The lowest BCUT2D eigenvalue weighted by Gasteiger charge is -2.12. The predicted octanol–water partition coefficient (Wildman–Crippen LogP) is 5.40. The highest BCUT2D eigenvalue weighted by molar-refractivity contribution is 5.52. The molecule has 0 saturated heterocycles. The van der Waals surface area contributed by atoms with Gasteiger partial charge in [-0.05, 0) is 47.4 Å². The van der Waals surface area contributed by atoms with Gasteiger partial charge >= 0.3 is 0 Å². The fourth-order valence-electron chi connectivity index (χ4n) is 2.69. The largest absolute Gasteiger partial charge is 0.493 e. The minimum atomic E-state index is 0.509. The molecule has 0 heterocycles. The molecule has 3 aromatic carbocycles. The number of rotatable bonds is 7. The number of hydrogen-bond acceptors (Lipinski definition) is 3. The van der Waals surface area contributed by atoms with Gasteiger partial charge in [0.1, 0.15) is 6.61 Å². The Morgan fingerprint density at radius 1 is 0.889 bits per heavy atom. The quantitative estimate of drug-likeness (QED) is 0.570. The van der Waals surface area contributed by atoms with Crippen LogP contribution in [0.5, 0.6) is 11.5 Å². The van der Waals surface area contributed by atoms with Gasteiger partial charge in [-0.25, -0.2) is 0 Å². The van der Waals surface area contributed by atoms with E-state index in [0.29, 0.717) is 12.2 Å². The van der Waals surface area contributed by atoms with E-state index in [0.717, 1.165) is 34.6 Å². The first-order valence-electron chi connectivity index (χ1n) is 8.79. The van der Waals surface area contributed by atoms with Crippen molar-refractivity contribution in [2.24, 2.45) is 0 Å². The molecule has 0 saturated carbocycles. The van der Waals surface area contributed by atoms with Gasteiger partial charge in [0.25, 0.3) is 0 Å². The Morgan fingerprint density at radius 2 is 1.67 bits per heavy atom. The summed E-state index contributed by atoms with van der Waals surface area (Å²) in [5.41, 5.74) is 4.00. The van der Waals surface area contributed by atoms with Crippen LogP contribution in [0.2, 0.25) is 0 Å². The maximum atomic E-state index is 8.84. The predicted molar refractivity (Wildman–Crippen MR) is 108 cm³/mol. The van der Waals surface area contributed by atoms with Crippen molar-refractivity contribution >= 4 is 6.08 Å². The fraction of sp³-hybridized carbons (Fsp3) is 0.125. The van der Waals surface area contributed by atoms with Crippen molar-refractivity contribution in [3.05, 3.63) is 101 Å². The van der Waals surface area contributed by atoms with Gasteiger partial charge in [0.15, 0.2) is 11.5 Å². The van der Waals surface area contributed by atoms with Crippen LogP contribution in [0.4, 0.5) is 0 Å². The minimum absolute atomic E-state index is 0.509. The lowest BCUT2D eigenvalue weighted by molar-refractivity contribution is 0.284. The van der Waals surface area contributed by atoms with Crippen LogP contribution in [0.25, 0.3) is 6.08 Å². The molecule has 134 valence electrons. The summed E-state index contributed by atoms with van der Waals surface area (Å²) >= 11 is 0. The Morgan fingerprint density at radius 3 is 2.37 bits per heavy atom. The van der Waals surface area contributed by atoms with E-state index >= 15 is 0 Å². The molecule has 27 heavy (non-hydrogen) atoms.